The van der Waals surface area contributed by atoms with Gasteiger partial charge in [-0.3, -0.25) is 18.7 Å². The van der Waals surface area contributed by atoms with E-state index in [-0.39, 0.29) is 89.1 Å². The highest BCUT2D eigenvalue weighted by molar-refractivity contribution is 9.10. The van der Waals surface area contributed by atoms with E-state index in [0.29, 0.717) is 60.6 Å². The minimum atomic E-state index is -3.70. The highest BCUT2D eigenvalue weighted by Gasteiger charge is 2.32. The van der Waals surface area contributed by atoms with Crippen molar-refractivity contribution < 1.29 is 45.1 Å². The van der Waals surface area contributed by atoms with Crippen molar-refractivity contribution >= 4 is 71.8 Å². The fourth-order valence-corrected chi connectivity index (χ4v) is 12.3. The molecule has 0 aliphatic carbocycles. The minimum absolute atomic E-state index is 0.0672. The molecule has 6 heterocycles. The van der Waals surface area contributed by atoms with Gasteiger partial charge in [0.15, 0.2) is 0 Å². The molecule has 2 aliphatic rings. The van der Waals surface area contributed by atoms with Crippen LogP contribution >= 0.6 is 39.1 Å². The second-order valence-corrected chi connectivity index (χ2v) is 23.9. The third-order valence-electron chi connectivity index (χ3n) is 13.0. The summed E-state index contributed by atoms with van der Waals surface area (Å²) in [6.45, 7) is 4.13. The first-order valence-electron chi connectivity index (χ1n) is 24.3. The van der Waals surface area contributed by atoms with E-state index in [0.717, 1.165) is 11.1 Å². The van der Waals surface area contributed by atoms with Gasteiger partial charge in [-0.05, 0) is 106 Å². The largest absolute Gasteiger partial charge is 0.495 e. The van der Waals surface area contributed by atoms with Gasteiger partial charge in [-0.1, -0.05) is 53.5 Å². The number of hydrogen-bond acceptors (Lipinski definition) is 14. The summed E-state index contributed by atoms with van der Waals surface area (Å²) in [6.07, 6.45) is 6.51. The summed E-state index contributed by atoms with van der Waals surface area (Å²) >= 11 is 15.0. The number of aromatic nitrogens is 6. The lowest BCUT2D eigenvalue weighted by molar-refractivity contribution is 0.381. The number of methoxy groups -OCH3 is 2. The summed E-state index contributed by atoms with van der Waals surface area (Å²) in [4.78, 5) is 41.8. The Hall–Kier alpha value is -6.74. The molecule has 10 rings (SSSR count). The maximum absolute atomic E-state index is 15.5. The van der Waals surface area contributed by atoms with E-state index in [4.69, 9.17) is 42.7 Å². The highest BCUT2D eigenvalue weighted by atomic mass is 79.9. The predicted octanol–water partition coefficient (Wildman–Crippen LogP) is 7.05. The number of halogens is 5. The van der Waals surface area contributed by atoms with Gasteiger partial charge in [-0.2, -0.15) is 8.61 Å². The standard InChI is InChI=1S/C27H24ClFN4O4S.C20H18BrFN4O4S.C7H8BClO2/c1-17-12-18(4-6-21(17)28)20-13-25(37-2)24(14-22(20)29)33-23-8-11-32(15-19(23)5-7-27(33)34)38(35,36)16-26-30-9-3-10-31-26;1-30-18-9-14(21)15(22)10-17(18)26-16-5-8-25(11-13(16)3-4-20(26)27)31(28,29)12-19-23-6-2-7-24-19;1-5-4-6(8(10)11)2-3-7(5)9/h3-7,9-10,12-14H,8,11,15-16H2,1-2H3;2-4,6-7,9-10H,5,8,11-12H2,1H3;2-4,10-11H,1H3. The molecule has 0 amide bonds. The minimum Gasteiger partial charge on any atom is -0.495 e. The monoisotopic (exact) mass is 1230 g/mol. The molecular weight excluding hydrogens is 1180 g/mol. The van der Waals surface area contributed by atoms with E-state index in [1.807, 2.05) is 13.8 Å². The summed E-state index contributed by atoms with van der Waals surface area (Å²) in [5, 5.41) is 18.7. The Morgan fingerprint density at radius 2 is 1.07 bits per heavy atom. The number of fused-ring (bicyclic) bond motifs is 2. The molecule has 0 atom stereocenters. The van der Waals surface area contributed by atoms with E-state index < -0.39 is 38.8 Å². The molecular formula is C54H50BBrCl2F2N8O10S2. The van der Waals surface area contributed by atoms with Crippen LogP contribution in [0.1, 0.15) is 45.3 Å². The van der Waals surface area contributed by atoms with Gasteiger partial charge in [0.1, 0.15) is 46.3 Å². The number of nitrogens with zero attached hydrogens (tertiary/aromatic N) is 8. The number of sulfonamides is 2. The predicted molar refractivity (Wildman–Crippen MR) is 304 cm³/mol. The molecule has 0 radical (unpaired) electrons. The van der Waals surface area contributed by atoms with Crippen LogP contribution in [0.25, 0.3) is 22.5 Å². The Morgan fingerprint density at radius 3 is 1.52 bits per heavy atom. The first-order valence-corrected chi connectivity index (χ1v) is 29.1. The van der Waals surface area contributed by atoms with Gasteiger partial charge in [0.05, 0.1) is 30.1 Å². The molecule has 2 N–H and O–H groups in total. The van der Waals surface area contributed by atoms with Gasteiger partial charge in [-0.15, -0.1) is 0 Å². The maximum atomic E-state index is 15.5. The molecule has 2 aliphatic heterocycles. The first-order chi connectivity index (χ1) is 38.1. The lowest BCUT2D eigenvalue weighted by Crippen LogP contribution is -2.39. The van der Waals surface area contributed by atoms with E-state index >= 15 is 4.39 Å². The second kappa shape index (κ2) is 25.4. The van der Waals surface area contributed by atoms with Crippen molar-refractivity contribution in [2.45, 2.75) is 51.3 Å². The molecule has 0 fully saturated rings. The molecule has 0 spiro atoms. The quantitative estimate of drug-likeness (QED) is 0.117. The highest BCUT2D eigenvalue weighted by Crippen LogP contribution is 2.36. The zero-order valence-corrected chi connectivity index (χ0v) is 48.0. The van der Waals surface area contributed by atoms with Crippen molar-refractivity contribution in [2.24, 2.45) is 0 Å². The van der Waals surface area contributed by atoms with Gasteiger partial charge in [0, 0.05) is 115 Å². The smallest absolute Gasteiger partial charge is 0.488 e. The topological polar surface area (TPSA) is 229 Å². The molecule has 80 heavy (non-hydrogen) atoms. The van der Waals surface area contributed by atoms with Crippen molar-refractivity contribution in [3.05, 3.63) is 214 Å². The first kappa shape index (κ1) is 59.4. The number of rotatable bonds is 12. The number of aryl methyl sites for hydroxylation is 2. The number of pyridine rings is 2. The Bertz CT molecular complexity index is 3970. The summed E-state index contributed by atoms with van der Waals surface area (Å²) in [6, 6.07) is 24.7. The number of benzene rings is 4. The van der Waals surface area contributed by atoms with Crippen LogP contribution in [0, 0.1) is 25.5 Å². The van der Waals surface area contributed by atoms with Crippen LogP contribution in [0.4, 0.5) is 8.78 Å². The van der Waals surface area contributed by atoms with Crippen molar-refractivity contribution in [3.8, 4) is 34.0 Å². The molecule has 0 unspecified atom stereocenters. The van der Waals surface area contributed by atoms with Crippen molar-refractivity contribution in [2.75, 3.05) is 27.3 Å². The van der Waals surface area contributed by atoms with Crippen molar-refractivity contribution in [1.29, 1.82) is 0 Å². The van der Waals surface area contributed by atoms with Crippen LogP contribution in [-0.2, 0) is 57.5 Å². The number of hydrogen-bond donors (Lipinski definition) is 2. The Morgan fingerprint density at radius 1 is 0.625 bits per heavy atom. The van der Waals surface area contributed by atoms with E-state index in [1.165, 1.54) is 87.1 Å². The molecule has 0 saturated carbocycles. The van der Waals surface area contributed by atoms with E-state index in [2.05, 4.69) is 35.9 Å². The van der Waals surface area contributed by atoms with Gasteiger partial charge < -0.3 is 19.5 Å². The average molecular weight is 1230 g/mol. The van der Waals surface area contributed by atoms with Crippen LogP contribution in [0.2, 0.25) is 10.0 Å². The molecule has 4 aromatic carbocycles. The van der Waals surface area contributed by atoms with E-state index in [1.54, 1.807) is 66.7 Å². The third kappa shape index (κ3) is 13.5. The summed E-state index contributed by atoms with van der Waals surface area (Å²) in [7, 11) is -5.89. The fraction of sp³-hybridized carbons (Fsp3) is 0.222. The van der Waals surface area contributed by atoms with Crippen LogP contribution in [0.5, 0.6) is 11.5 Å². The molecule has 0 bridgehead atoms. The zero-order chi connectivity index (χ0) is 57.6. The van der Waals surface area contributed by atoms with E-state index in [9.17, 15) is 30.8 Å². The third-order valence-corrected chi connectivity index (χ3v) is 17.9. The lowest BCUT2D eigenvalue weighted by atomic mass is 9.80. The maximum Gasteiger partial charge on any atom is 0.488 e. The molecule has 18 nitrogen and oxygen atoms in total. The molecule has 0 saturated heterocycles. The van der Waals surface area contributed by atoms with Gasteiger partial charge in [0.2, 0.25) is 20.0 Å². The molecule has 26 heteroatoms. The molecule has 416 valence electrons. The van der Waals surface area contributed by atoms with Crippen LogP contribution in [0.3, 0.4) is 0 Å². The Kier molecular flexibility index (Phi) is 18.8. The SMILES string of the molecule is COc1cc(-c2ccc(Cl)c(C)c2)c(F)cc1-n1c2c(ccc1=O)CN(S(=O)(=O)Cc1ncccn1)CC2.COc1cc(Br)c(F)cc1-n1c2c(ccc1=O)CN(S(=O)(=O)Cc1ncccn1)CC2.Cc1cc(B(O)O)ccc1Cl. The van der Waals surface area contributed by atoms with Gasteiger partial charge >= 0.3 is 7.12 Å². The summed E-state index contributed by atoms with van der Waals surface area (Å²) in [5.74, 6) is -0.658. The summed E-state index contributed by atoms with van der Waals surface area (Å²) in [5.41, 5.74) is 5.36. The van der Waals surface area contributed by atoms with Crippen molar-refractivity contribution in [1.82, 2.24) is 37.7 Å². The zero-order valence-electron chi connectivity index (χ0n) is 43.2. The number of ether oxygens (including phenoxy) is 2. The van der Waals surface area contributed by atoms with Crippen LogP contribution < -0.4 is 26.1 Å². The lowest BCUT2D eigenvalue weighted by Gasteiger charge is -2.30. The molecule has 8 aromatic rings. The van der Waals surface area contributed by atoms with Crippen LogP contribution in [0.15, 0.2) is 136 Å². The molecule has 4 aromatic heterocycles. The average Bonchev–Trinajstić information content (AvgIpc) is 3.60. The fourth-order valence-electron chi connectivity index (χ4n) is 8.99. The second-order valence-electron chi connectivity index (χ2n) is 18.3. The van der Waals surface area contributed by atoms with Crippen molar-refractivity contribution in [3.63, 3.8) is 0 Å². The Labute approximate surface area is 478 Å². The normalized spacial score (nSPS) is 13.4. The van der Waals surface area contributed by atoms with Gasteiger partial charge in [-0.25, -0.2) is 45.6 Å². The Balaban J connectivity index is 0.000000179. The summed E-state index contributed by atoms with van der Waals surface area (Å²) < 4.78 is 98.2. The van der Waals surface area contributed by atoms with Crippen LogP contribution in [-0.4, -0.2) is 99.0 Å². The van der Waals surface area contributed by atoms with Gasteiger partial charge in [0.25, 0.3) is 11.1 Å².